The molecule has 1 N–H and O–H groups in total. The van der Waals surface area contributed by atoms with E-state index in [1.54, 1.807) is 0 Å². The maximum Gasteiger partial charge on any atom is 0.412 e. The molecule has 1 aliphatic rings. The fraction of sp³-hybridized carbons (Fsp3) is 0.417. The number of anilines is 1. The molecular formula is C12H15NO2. The van der Waals surface area contributed by atoms with Gasteiger partial charge in [-0.25, -0.2) is 4.79 Å². The zero-order valence-electron chi connectivity index (χ0n) is 9.04. The highest BCUT2D eigenvalue weighted by Gasteiger charge is 2.38. The first kappa shape index (κ1) is 10.0. The van der Waals surface area contributed by atoms with Crippen molar-refractivity contribution in [2.24, 2.45) is 0 Å². The average molecular weight is 205 g/mol. The molecule has 1 heterocycles. The molecule has 0 unspecified atom stereocenters. The predicted octanol–water partition coefficient (Wildman–Crippen LogP) is 3.26. The van der Waals surface area contributed by atoms with Gasteiger partial charge in [0.1, 0.15) is 5.60 Å². The van der Waals surface area contributed by atoms with Crippen molar-refractivity contribution >= 4 is 11.8 Å². The van der Waals surface area contributed by atoms with Crippen LogP contribution >= 0.6 is 0 Å². The second-order valence-electron chi connectivity index (χ2n) is 3.76. The maximum absolute atomic E-state index is 11.4. The molecule has 3 nitrogen and oxygen atoms in total. The lowest BCUT2D eigenvalue weighted by atomic mass is 9.86. The lowest BCUT2D eigenvalue weighted by molar-refractivity contribution is 0.00473. The van der Waals surface area contributed by atoms with Gasteiger partial charge >= 0.3 is 6.09 Å². The van der Waals surface area contributed by atoms with Gasteiger partial charge < -0.3 is 4.74 Å². The molecule has 3 heteroatoms. The summed E-state index contributed by atoms with van der Waals surface area (Å²) in [6.07, 6.45) is 1.25. The van der Waals surface area contributed by atoms with Gasteiger partial charge in [0.25, 0.3) is 0 Å². The summed E-state index contributed by atoms with van der Waals surface area (Å²) >= 11 is 0. The first-order valence-electron chi connectivity index (χ1n) is 5.31. The Bertz CT molecular complexity index is 383. The van der Waals surface area contributed by atoms with Crippen LogP contribution in [0.25, 0.3) is 0 Å². The van der Waals surface area contributed by atoms with Crippen LogP contribution in [0.1, 0.15) is 32.3 Å². The van der Waals surface area contributed by atoms with Crippen molar-refractivity contribution in [3.63, 3.8) is 0 Å². The Hall–Kier alpha value is -1.51. The molecule has 0 radical (unpaired) electrons. The number of carbonyl (C=O) groups excluding carboxylic acids is 1. The van der Waals surface area contributed by atoms with Crippen molar-refractivity contribution in [3.05, 3.63) is 29.8 Å². The summed E-state index contributed by atoms with van der Waals surface area (Å²) in [6, 6.07) is 7.82. The Balaban J connectivity index is 2.55. The molecule has 2 rings (SSSR count). The van der Waals surface area contributed by atoms with Crippen molar-refractivity contribution < 1.29 is 9.53 Å². The highest BCUT2D eigenvalue weighted by molar-refractivity contribution is 5.88. The number of amides is 1. The first-order chi connectivity index (χ1) is 7.22. The van der Waals surface area contributed by atoms with E-state index in [1.165, 1.54) is 0 Å². The number of rotatable bonds is 2. The summed E-state index contributed by atoms with van der Waals surface area (Å²) < 4.78 is 5.45. The predicted molar refractivity (Wildman–Crippen MR) is 58.8 cm³/mol. The Kier molecular flexibility index (Phi) is 2.39. The average Bonchev–Trinajstić information content (AvgIpc) is 2.27. The number of hydrogen-bond donors (Lipinski definition) is 1. The van der Waals surface area contributed by atoms with Crippen molar-refractivity contribution in [2.45, 2.75) is 32.3 Å². The van der Waals surface area contributed by atoms with Gasteiger partial charge in [-0.2, -0.15) is 0 Å². The molecule has 1 amide bonds. The molecule has 15 heavy (non-hydrogen) atoms. The van der Waals surface area contributed by atoms with Crippen molar-refractivity contribution in [3.8, 4) is 0 Å². The molecule has 1 aromatic carbocycles. The van der Waals surface area contributed by atoms with E-state index in [0.717, 1.165) is 24.1 Å². The molecule has 1 aromatic rings. The number of benzene rings is 1. The van der Waals surface area contributed by atoms with Crippen LogP contribution in [0.5, 0.6) is 0 Å². The highest BCUT2D eigenvalue weighted by Crippen LogP contribution is 2.40. The third-order valence-electron chi connectivity index (χ3n) is 3.08. The molecule has 80 valence electrons. The molecule has 0 aliphatic carbocycles. The van der Waals surface area contributed by atoms with E-state index in [4.69, 9.17) is 4.74 Å². The van der Waals surface area contributed by atoms with Gasteiger partial charge in [-0.1, -0.05) is 32.0 Å². The van der Waals surface area contributed by atoms with E-state index in [9.17, 15) is 4.79 Å². The molecule has 0 saturated heterocycles. The summed E-state index contributed by atoms with van der Waals surface area (Å²) in [6.45, 7) is 4.08. The number of ether oxygens (including phenoxy) is 1. The Morgan fingerprint density at radius 3 is 2.60 bits per heavy atom. The zero-order valence-corrected chi connectivity index (χ0v) is 9.04. The lowest BCUT2D eigenvalue weighted by Crippen LogP contribution is -2.38. The third kappa shape index (κ3) is 1.48. The minimum absolute atomic E-state index is 0.350. The van der Waals surface area contributed by atoms with Gasteiger partial charge in [-0.05, 0) is 18.9 Å². The van der Waals surface area contributed by atoms with E-state index in [2.05, 4.69) is 5.32 Å². The van der Waals surface area contributed by atoms with Crippen LogP contribution in [0.2, 0.25) is 0 Å². The second-order valence-corrected chi connectivity index (χ2v) is 3.76. The smallest absolute Gasteiger partial charge is 0.412 e. The lowest BCUT2D eigenvalue weighted by Gasteiger charge is -2.37. The summed E-state index contributed by atoms with van der Waals surface area (Å²) in [5.41, 5.74) is 1.51. The van der Waals surface area contributed by atoms with E-state index < -0.39 is 5.60 Å². The summed E-state index contributed by atoms with van der Waals surface area (Å²) in [4.78, 5) is 11.4. The van der Waals surface area contributed by atoms with Gasteiger partial charge in [-0.15, -0.1) is 0 Å². The van der Waals surface area contributed by atoms with Crippen molar-refractivity contribution in [1.82, 2.24) is 0 Å². The molecule has 0 atom stereocenters. The van der Waals surface area contributed by atoms with Gasteiger partial charge in [0.2, 0.25) is 0 Å². The fourth-order valence-corrected chi connectivity index (χ4v) is 2.13. The number of nitrogens with one attached hydrogen (secondary N) is 1. The summed E-state index contributed by atoms with van der Waals surface area (Å²) in [5, 5.41) is 2.72. The fourth-order valence-electron chi connectivity index (χ4n) is 2.13. The van der Waals surface area contributed by atoms with Crippen LogP contribution in [0.15, 0.2) is 24.3 Å². The van der Waals surface area contributed by atoms with Crippen LogP contribution in [0.3, 0.4) is 0 Å². The first-order valence-corrected chi connectivity index (χ1v) is 5.31. The minimum Gasteiger partial charge on any atom is -0.438 e. The van der Waals surface area contributed by atoms with Gasteiger partial charge in [0.15, 0.2) is 0 Å². The topological polar surface area (TPSA) is 38.3 Å². The van der Waals surface area contributed by atoms with Crippen molar-refractivity contribution in [2.75, 3.05) is 5.32 Å². The number of carbonyl (C=O) groups is 1. The van der Waals surface area contributed by atoms with Crippen molar-refractivity contribution in [1.29, 1.82) is 0 Å². The van der Waals surface area contributed by atoms with Gasteiger partial charge in [0.05, 0.1) is 5.69 Å². The standard InChI is InChI=1S/C12H15NO2/c1-3-12(4-2)9-7-5-6-8-10(9)13-11(14)15-12/h5-8H,3-4H2,1-2H3,(H,13,14). The number of para-hydroxylation sites is 1. The molecule has 0 saturated carbocycles. The molecule has 0 spiro atoms. The molecule has 0 fully saturated rings. The molecule has 0 aromatic heterocycles. The summed E-state index contributed by atoms with van der Waals surface area (Å²) in [7, 11) is 0. The summed E-state index contributed by atoms with van der Waals surface area (Å²) in [5.74, 6) is 0. The Morgan fingerprint density at radius 1 is 1.27 bits per heavy atom. The second kappa shape index (κ2) is 3.57. The molecule has 1 aliphatic heterocycles. The van der Waals surface area contributed by atoms with Crippen LogP contribution in [-0.4, -0.2) is 6.09 Å². The van der Waals surface area contributed by atoms with Crippen LogP contribution in [0.4, 0.5) is 10.5 Å². The number of cyclic esters (lactones) is 1. The number of hydrogen-bond acceptors (Lipinski definition) is 2. The minimum atomic E-state index is -0.446. The van der Waals surface area contributed by atoms with E-state index in [-0.39, 0.29) is 6.09 Å². The van der Waals surface area contributed by atoms with Crippen LogP contribution < -0.4 is 5.32 Å². The quantitative estimate of drug-likeness (QED) is 0.804. The van der Waals surface area contributed by atoms with Crippen LogP contribution in [0, 0.1) is 0 Å². The van der Waals surface area contributed by atoms with E-state index in [1.807, 2.05) is 38.1 Å². The third-order valence-corrected chi connectivity index (χ3v) is 3.08. The molecule has 0 bridgehead atoms. The largest absolute Gasteiger partial charge is 0.438 e. The van der Waals surface area contributed by atoms with E-state index >= 15 is 0 Å². The Morgan fingerprint density at radius 2 is 1.93 bits per heavy atom. The highest BCUT2D eigenvalue weighted by atomic mass is 16.6. The SMILES string of the molecule is CCC1(CC)OC(=O)Nc2ccccc21. The van der Waals surface area contributed by atoms with Gasteiger partial charge in [-0.3, -0.25) is 5.32 Å². The van der Waals surface area contributed by atoms with Gasteiger partial charge in [0, 0.05) is 5.56 Å². The molecular weight excluding hydrogens is 190 g/mol. The number of fused-ring (bicyclic) bond motifs is 1. The monoisotopic (exact) mass is 205 g/mol. The van der Waals surface area contributed by atoms with Crippen LogP contribution in [-0.2, 0) is 10.3 Å². The zero-order chi connectivity index (χ0) is 10.9. The maximum atomic E-state index is 11.4. The normalized spacial score (nSPS) is 17.6. The van der Waals surface area contributed by atoms with E-state index in [0.29, 0.717) is 0 Å². The Labute approximate surface area is 89.4 Å².